The first kappa shape index (κ1) is 15.8. The van der Waals surface area contributed by atoms with Crippen LogP contribution in [0.15, 0.2) is 40.8 Å². The van der Waals surface area contributed by atoms with Gasteiger partial charge in [0.15, 0.2) is 0 Å². The van der Waals surface area contributed by atoms with Gasteiger partial charge < -0.3 is 19.7 Å². The fourth-order valence-electron chi connectivity index (χ4n) is 2.07. The standard InChI is InChI=1S/C17H24N2O2/c1-13(20)14-4-6-15(7-5-14)17-9-8-16(21-17)12-18-10-11-19(2)3/h4-9,13,18,20H,10-12H2,1-3H3/t13-/m0/s1. The summed E-state index contributed by atoms with van der Waals surface area (Å²) in [6.07, 6.45) is -0.438. The number of rotatable bonds is 7. The highest BCUT2D eigenvalue weighted by Gasteiger charge is 2.06. The van der Waals surface area contributed by atoms with Crippen molar-refractivity contribution in [3.05, 3.63) is 47.7 Å². The molecule has 4 heteroatoms. The van der Waals surface area contributed by atoms with E-state index in [2.05, 4.69) is 24.3 Å². The Morgan fingerprint density at radius 2 is 1.86 bits per heavy atom. The normalized spacial score (nSPS) is 12.8. The van der Waals surface area contributed by atoms with E-state index >= 15 is 0 Å². The highest BCUT2D eigenvalue weighted by molar-refractivity contribution is 5.58. The number of benzene rings is 1. The van der Waals surface area contributed by atoms with Crippen molar-refractivity contribution in [3.8, 4) is 11.3 Å². The summed E-state index contributed by atoms with van der Waals surface area (Å²) in [5, 5.41) is 12.9. The van der Waals surface area contributed by atoms with Gasteiger partial charge in [-0.05, 0) is 38.7 Å². The lowest BCUT2D eigenvalue weighted by molar-refractivity contribution is 0.199. The molecule has 0 saturated carbocycles. The topological polar surface area (TPSA) is 48.6 Å². The molecular weight excluding hydrogens is 264 g/mol. The molecule has 2 N–H and O–H groups in total. The van der Waals surface area contributed by atoms with E-state index in [0.717, 1.165) is 42.3 Å². The second kappa shape index (κ2) is 7.41. The summed E-state index contributed by atoms with van der Waals surface area (Å²) in [7, 11) is 4.12. The predicted molar refractivity (Wildman–Crippen MR) is 85.0 cm³/mol. The first-order chi connectivity index (χ1) is 10.1. The maximum absolute atomic E-state index is 9.51. The van der Waals surface area contributed by atoms with Gasteiger partial charge in [0.1, 0.15) is 11.5 Å². The lowest BCUT2D eigenvalue weighted by atomic mass is 10.1. The molecule has 0 aliphatic heterocycles. The van der Waals surface area contributed by atoms with Gasteiger partial charge in [0, 0.05) is 18.7 Å². The molecule has 1 atom stereocenters. The number of hydrogen-bond donors (Lipinski definition) is 2. The Labute approximate surface area is 126 Å². The summed E-state index contributed by atoms with van der Waals surface area (Å²) in [4.78, 5) is 2.14. The van der Waals surface area contributed by atoms with E-state index in [1.54, 1.807) is 6.92 Å². The van der Waals surface area contributed by atoms with Gasteiger partial charge in [-0.1, -0.05) is 24.3 Å². The highest BCUT2D eigenvalue weighted by Crippen LogP contribution is 2.24. The molecule has 21 heavy (non-hydrogen) atoms. The van der Waals surface area contributed by atoms with Gasteiger partial charge in [0.25, 0.3) is 0 Å². The third-order valence-electron chi connectivity index (χ3n) is 3.37. The maximum Gasteiger partial charge on any atom is 0.134 e. The molecule has 114 valence electrons. The summed E-state index contributed by atoms with van der Waals surface area (Å²) < 4.78 is 5.84. The molecule has 0 spiro atoms. The van der Waals surface area contributed by atoms with Crippen LogP contribution in [0, 0.1) is 0 Å². The molecule has 0 saturated heterocycles. The molecule has 0 fully saturated rings. The molecule has 1 aromatic heterocycles. The third-order valence-corrected chi connectivity index (χ3v) is 3.37. The largest absolute Gasteiger partial charge is 0.460 e. The van der Waals surface area contributed by atoms with Crippen molar-refractivity contribution in [1.29, 1.82) is 0 Å². The van der Waals surface area contributed by atoms with Crippen molar-refractivity contribution in [2.45, 2.75) is 19.6 Å². The average molecular weight is 288 g/mol. The minimum atomic E-state index is -0.438. The van der Waals surface area contributed by atoms with E-state index in [1.165, 1.54) is 0 Å². The highest BCUT2D eigenvalue weighted by atomic mass is 16.3. The van der Waals surface area contributed by atoms with Crippen molar-refractivity contribution in [2.24, 2.45) is 0 Å². The lowest BCUT2D eigenvalue weighted by Crippen LogP contribution is -2.25. The number of hydrogen-bond acceptors (Lipinski definition) is 4. The Morgan fingerprint density at radius 3 is 2.48 bits per heavy atom. The van der Waals surface area contributed by atoms with Crippen molar-refractivity contribution >= 4 is 0 Å². The average Bonchev–Trinajstić information content (AvgIpc) is 2.92. The van der Waals surface area contributed by atoms with Gasteiger partial charge in [-0.2, -0.15) is 0 Å². The van der Waals surface area contributed by atoms with Crippen LogP contribution in [0.2, 0.25) is 0 Å². The fraction of sp³-hybridized carbons (Fsp3) is 0.412. The second-order valence-electron chi connectivity index (χ2n) is 5.54. The van der Waals surface area contributed by atoms with Crippen LogP contribution in [0.25, 0.3) is 11.3 Å². The molecule has 0 aliphatic rings. The zero-order chi connectivity index (χ0) is 15.2. The van der Waals surface area contributed by atoms with E-state index in [4.69, 9.17) is 4.42 Å². The molecule has 4 nitrogen and oxygen atoms in total. The number of nitrogens with zero attached hydrogens (tertiary/aromatic N) is 1. The first-order valence-electron chi connectivity index (χ1n) is 7.29. The van der Waals surface area contributed by atoms with Crippen molar-refractivity contribution < 1.29 is 9.52 Å². The van der Waals surface area contributed by atoms with Crippen LogP contribution >= 0.6 is 0 Å². The zero-order valence-electron chi connectivity index (χ0n) is 13.0. The fourth-order valence-corrected chi connectivity index (χ4v) is 2.07. The van der Waals surface area contributed by atoms with Gasteiger partial charge >= 0.3 is 0 Å². The van der Waals surface area contributed by atoms with Gasteiger partial charge in [0.2, 0.25) is 0 Å². The van der Waals surface area contributed by atoms with Gasteiger partial charge in [-0.15, -0.1) is 0 Å². The number of aliphatic hydroxyl groups is 1. The van der Waals surface area contributed by atoms with Crippen molar-refractivity contribution in [1.82, 2.24) is 10.2 Å². The molecule has 2 aromatic rings. The number of nitrogens with one attached hydrogen (secondary N) is 1. The molecule has 1 aromatic carbocycles. The van der Waals surface area contributed by atoms with Gasteiger partial charge in [-0.3, -0.25) is 0 Å². The van der Waals surface area contributed by atoms with Crippen molar-refractivity contribution in [3.63, 3.8) is 0 Å². The zero-order valence-corrected chi connectivity index (χ0v) is 13.0. The van der Waals surface area contributed by atoms with Crippen LogP contribution < -0.4 is 5.32 Å². The molecule has 0 radical (unpaired) electrons. The van der Waals surface area contributed by atoms with Crippen LogP contribution in [0.3, 0.4) is 0 Å². The lowest BCUT2D eigenvalue weighted by Gasteiger charge is -2.09. The summed E-state index contributed by atoms with van der Waals surface area (Å²) in [6.45, 7) is 4.44. The molecular formula is C17H24N2O2. The van der Waals surface area contributed by atoms with Crippen LogP contribution in [0.4, 0.5) is 0 Å². The van der Waals surface area contributed by atoms with Crippen LogP contribution in [0.5, 0.6) is 0 Å². The number of aliphatic hydroxyl groups excluding tert-OH is 1. The second-order valence-corrected chi connectivity index (χ2v) is 5.54. The molecule has 0 amide bonds. The van der Waals surface area contributed by atoms with E-state index in [9.17, 15) is 5.11 Å². The predicted octanol–water partition coefficient (Wildman–Crippen LogP) is 2.65. The Bertz CT molecular complexity index is 544. The molecule has 0 aliphatic carbocycles. The Kier molecular flexibility index (Phi) is 5.56. The Balaban J connectivity index is 1.93. The van der Waals surface area contributed by atoms with Crippen LogP contribution in [0.1, 0.15) is 24.4 Å². The van der Waals surface area contributed by atoms with Gasteiger partial charge in [-0.25, -0.2) is 0 Å². The van der Waals surface area contributed by atoms with Gasteiger partial charge in [0.05, 0.1) is 12.6 Å². The number of likely N-dealkylation sites (N-methyl/N-ethyl adjacent to an activating group) is 1. The van der Waals surface area contributed by atoms with Crippen molar-refractivity contribution in [2.75, 3.05) is 27.2 Å². The Morgan fingerprint density at radius 1 is 1.14 bits per heavy atom. The smallest absolute Gasteiger partial charge is 0.134 e. The van der Waals surface area contributed by atoms with Crippen LogP contribution in [-0.4, -0.2) is 37.2 Å². The quantitative estimate of drug-likeness (QED) is 0.769. The third kappa shape index (κ3) is 4.70. The van der Waals surface area contributed by atoms with E-state index < -0.39 is 6.10 Å². The Hall–Kier alpha value is -1.62. The molecule has 0 bridgehead atoms. The molecule has 0 unspecified atom stereocenters. The van der Waals surface area contributed by atoms with E-state index in [-0.39, 0.29) is 0 Å². The summed E-state index contributed by atoms with van der Waals surface area (Å²) >= 11 is 0. The SMILES string of the molecule is C[C@H](O)c1ccc(-c2ccc(CNCCN(C)C)o2)cc1. The minimum Gasteiger partial charge on any atom is -0.460 e. The van der Waals surface area contributed by atoms with E-state index in [0.29, 0.717) is 0 Å². The number of furan rings is 1. The molecule has 2 rings (SSSR count). The van der Waals surface area contributed by atoms with E-state index in [1.807, 2.05) is 36.4 Å². The summed E-state index contributed by atoms with van der Waals surface area (Å²) in [5.74, 6) is 1.79. The minimum absolute atomic E-state index is 0.438. The summed E-state index contributed by atoms with van der Waals surface area (Å²) in [6, 6.07) is 11.8. The maximum atomic E-state index is 9.51. The molecule has 1 heterocycles. The first-order valence-corrected chi connectivity index (χ1v) is 7.29. The summed E-state index contributed by atoms with van der Waals surface area (Å²) in [5.41, 5.74) is 1.94. The monoisotopic (exact) mass is 288 g/mol. The van der Waals surface area contributed by atoms with Crippen LogP contribution in [-0.2, 0) is 6.54 Å².